The van der Waals surface area contributed by atoms with Crippen molar-refractivity contribution in [2.75, 3.05) is 10.6 Å². The highest BCUT2D eigenvalue weighted by molar-refractivity contribution is 6.04. The maximum atomic E-state index is 12.3. The first-order valence-corrected chi connectivity index (χ1v) is 8.62. The highest BCUT2D eigenvalue weighted by atomic mass is 16.2. The van der Waals surface area contributed by atoms with Crippen molar-refractivity contribution in [3.63, 3.8) is 0 Å². The van der Waals surface area contributed by atoms with E-state index in [9.17, 15) is 9.59 Å². The van der Waals surface area contributed by atoms with Crippen LogP contribution in [0.15, 0.2) is 36.8 Å². The minimum atomic E-state index is -0.216. The van der Waals surface area contributed by atoms with Gasteiger partial charge in [0.15, 0.2) is 0 Å². The van der Waals surface area contributed by atoms with E-state index in [1.807, 2.05) is 6.92 Å². The molecule has 1 aliphatic rings. The smallest absolute Gasteiger partial charge is 0.255 e. The number of rotatable bonds is 4. The summed E-state index contributed by atoms with van der Waals surface area (Å²) in [5.41, 5.74) is 2.00. The van der Waals surface area contributed by atoms with Gasteiger partial charge in [-0.15, -0.1) is 0 Å². The summed E-state index contributed by atoms with van der Waals surface area (Å²) in [6.45, 7) is 1.88. The van der Waals surface area contributed by atoms with Gasteiger partial charge in [-0.25, -0.2) is 4.98 Å². The van der Waals surface area contributed by atoms with Crippen LogP contribution >= 0.6 is 0 Å². The van der Waals surface area contributed by atoms with Gasteiger partial charge in [-0.2, -0.15) is 0 Å². The van der Waals surface area contributed by atoms with Gasteiger partial charge < -0.3 is 10.6 Å². The zero-order valence-electron chi connectivity index (χ0n) is 14.3. The Bertz CT molecular complexity index is 755. The zero-order chi connectivity index (χ0) is 17.6. The number of nitrogens with zero attached hydrogens (tertiary/aromatic N) is 2. The van der Waals surface area contributed by atoms with Gasteiger partial charge in [0.25, 0.3) is 5.91 Å². The van der Waals surface area contributed by atoms with Crippen LogP contribution in [0, 0.1) is 12.8 Å². The molecule has 2 aromatic heterocycles. The van der Waals surface area contributed by atoms with Crippen LogP contribution in [0.3, 0.4) is 0 Å². The van der Waals surface area contributed by atoms with E-state index in [4.69, 9.17) is 0 Å². The Hall–Kier alpha value is -2.76. The Balaban J connectivity index is 1.64. The molecule has 2 aromatic rings. The maximum Gasteiger partial charge on any atom is 0.255 e. The molecular weight excluding hydrogens is 316 g/mol. The molecule has 0 aromatic carbocycles. The lowest BCUT2D eigenvalue weighted by Crippen LogP contribution is -2.25. The second-order valence-corrected chi connectivity index (χ2v) is 6.40. The molecule has 0 unspecified atom stereocenters. The van der Waals surface area contributed by atoms with E-state index in [1.54, 1.807) is 36.8 Å². The first-order chi connectivity index (χ1) is 12.1. The lowest BCUT2D eigenvalue weighted by molar-refractivity contribution is -0.120. The van der Waals surface area contributed by atoms with Gasteiger partial charge in [-0.05, 0) is 43.5 Å². The number of hydrogen-bond donors (Lipinski definition) is 2. The number of carbonyl (C=O) groups excluding carboxylic acids is 2. The van der Waals surface area contributed by atoms with Gasteiger partial charge in [-0.1, -0.05) is 19.3 Å². The molecule has 2 amide bonds. The van der Waals surface area contributed by atoms with Crippen LogP contribution in [-0.2, 0) is 4.79 Å². The first kappa shape index (κ1) is 17.1. The Morgan fingerprint density at radius 3 is 2.48 bits per heavy atom. The molecule has 1 aliphatic carbocycles. The highest BCUT2D eigenvalue weighted by Gasteiger charge is 2.21. The third-order valence-electron chi connectivity index (χ3n) is 4.53. The molecule has 0 atom stereocenters. The Kier molecular flexibility index (Phi) is 5.38. The molecule has 2 N–H and O–H groups in total. The van der Waals surface area contributed by atoms with Gasteiger partial charge in [0, 0.05) is 23.9 Å². The molecule has 6 nitrogen and oxygen atoms in total. The van der Waals surface area contributed by atoms with E-state index >= 15 is 0 Å². The summed E-state index contributed by atoms with van der Waals surface area (Å²) in [4.78, 5) is 32.7. The van der Waals surface area contributed by atoms with Crippen LogP contribution in [-0.4, -0.2) is 21.8 Å². The standard InChI is InChI=1S/C19H22N4O2/c1-13-11-17(23-19(25)14-5-3-2-4-6-14)21-12-16(13)22-18(24)15-7-9-20-10-8-15/h7-12,14H,2-6H2,1H3,(H,22,24)(H,21,23,25). The number of hydrogen-bond acceptors (Lipinski definition) is 4. The topological polar surface area (TPSA) is 84.0 Å². The van der Waals surface area contributed by atoms with Gasteiger partial charge in [0.2, 0.25) is 5.91 Å². The van der Waals surface area contributed by atoms with Crippen molar-refractivity contribution >= 4 is 23.3 Å². The lowest BCUT2D eigenvalue weighted by Gasteiger charge is -2.20. The predicted molar refractivity (Wildman–Crippen MR) is 96.4 cm³/mol. The Morgan fingerprint density at radius 2 is 1.80 bits per heavy atom. The molecule has 0 aliphatic heterocycles. The lowest BCUT2D eigenvalue weighted by atomic mass is 9.89. The molecular formula is C19H22N4O2. The van der Waals surface area contributed by atoms with Crippen molar-refractivity contribution < 1.29 is 9.59 Å². The van der Waals surface area contributed by atoms with Crippen LogP contribution in [0.4, 0.5) is 11.5 Å². The molecule has 6 heteroatoms. The summed E-state index contributed by atoms with van der Waals surface area (Å²) >= 11 is 0. The highest BCUT2D eigenvalue weighted by Crippen LogP contribution is 2.25. The van der Waals surface area contributed by atoms with E-state index in [0.29, 0.717) is 17.1 Å². The first-order valence-electron chi connectivity index (χ1n) is 8.62. The van der Waals surface area contributed by atoms with Crippen LogP contribution in [0.5, 0.6) is 0 Å². The zero-order valence-corrected chi connectivity index (χ0v) is 14.3. The molecule has 3 rings (SSSR count). The second-order valence-electron chi connectivity index (χ2n) is 6.40. The van der Waals surface area contributed by atoms with Crippen molar-refractivity contribution in [3.8, 4) is 0 Å². The monoisotopic (exact) mass is 338 g/mol. The minimum absolute atomic E-state index is 0.0418. The van der Waals surface area contributed by atoms with Crippen molar-refractivity contribution in [1.29, 1.82) is 0 Å². The largest absolute Gasteiger partial charge is 0.320 e. The molecule has 130 valence electrons. The van der Waals surface area contributed by atoms with E-state index in [2.05, 4.69) is 20.6 Å². The fourth-order valence-electron chi connectivity index (χ4n) is 3.05. The average Bonchev–Trinajstić information content (AvgIpc) is 2.65. The van der Waals surface area contributed by atoms with Crippen LogP contribution in [0.1, 0.15) is 48.0 Å². The van der Waals surface area contributed by atoms with Crippen molar-refractivity contribution in [2.45, 2.75) is 39.0 Å². The molecule has 0 spiro atoms. The van der Waals surface area contributed by atoms with Crippen molar-refractivity contribution in [2.24, 2.45) is 5.92 Å². The quantitative estimate of drug-likeness (QED) is 0.893. The molecule has 1 saturated carbocycles. The van der Waals surface area contributed by atoms with Crippen LogP contribution in [0.2, 0.25) is 0 Å². The molecule has 0 saturated heterocycles. The number of pyridine rings is 2. The molecule has 2 heterocycles. The van der Waals surface area contributed by atoms with E-state index in [1.165, 1.54) is 6.42 Å². The third-order valence-corrected chi connectivity index (χ3v) is 4.53. The summed E-state index contributed by atoms with van der Waals surface area (Å²) in [5.74, 6) is 0.434. The van der Waals surface area contributed by atoms with Gasteiger partial charge in [0.1, 0.15) is 5.82 Å². The molecule has 0 bridgehead atoms. The SMILES string of the molecule is Cc1cc(NC(=O)C2CCCCC2)ncc1NC(=O)c1ccncc1. The van der Waals surface area contributed by atoms with Crippen molar-refractivity contribution in [1.82, 2.24) is 9.97 Å². The summed E-state index contributed by atoms with van der Waals surface area (Å²) < 4.78 is 0. The van der Waals surface area contributed by atoms with E-state index in [0.717, 1.165) is 31.2 Å². The number of nitrogens with one attached hydrogen (secondary N) is 2. The predicted octanol–water partition coefficient (Wildman–Crippen LogP) is 3.56. The summed E-state index contributed by atoms with van der Waals surface area (Å²) in [6, 6.07) is 5.08. The fraction of sp³-hybridized carbons (Fsp3) is 0.368. The van der Waals surface area contributed by atoms with Gasteiger partial charge >= 0.3 is 0 Å². The second kappa shape index (κ2) is 7.88. The average molecular weight is 338 g/mol. The van der Waals surface area contributed by atoms with E-state index < -0.39 is 0 Å². The van der Waals surface area contributed by atoms with Crippen LogP contribution < -0.4 is 10.6 Å². The fourth-order valence-corrected chi connectivity index (χ4v) is 3.05. The molecule has 0 radical (unpaired) electrons. The van der Waals surface area contributed by atoms with Gasteiger partial charge in [0.05, 0.1) is 11.9 Å². The van der Waals surface area contributed by atoms with Gasteiger partial charge in [-0.3, -0.25) is 14.6 Å². The number of carbonyl (C=O) groups is 2. The summed E-state index contributed by atoms with van der Waals surface area (Å²) in [7, 11) is 0. The normalized spacial score (nSPS) is 14.8. The molecule has 1 fully saturated rings. The number of aryl methyl sites for hydroxylation is 1. The number of aromatic nitrogens is 2. The third kappa shape index (κ3) is 4.41. The van der Waals surface area contributed by atoms with Crippen LogP contribution in [0.25, 0.3) is 0 Å². The summed E-state index contributed by atoms with van der Waals surface area (Å²) in [6.07, 6.45) is 10.1. The minimum Gasteiger partial charge on any atom is -0.320 e. The maximum absolute atomic E-state index is 12.3. The number of anilines is 2. The van der Waals surface area contributed by atoms with Crippen molar-refractivity contribution in [3.05, 3.63) is 47.9 Å². The Labute approximate surface area is 147 Å². The molecule has 25 heavy (non-hydrogen) atoms. The number of amides is 2. The van der Waals surface area contributed by atoms with E-state index in [-0.39, 0.29) is 17.7 Å². The Morgan fingerprint density at radius 1 is 1.08 bits per heavy atom. The summed E-state index contributed by atoms with van der Waals surface area (Å²) in [5, 5.41) is 5.72.